The number of carbonyl (C=O) groups excluding carboxylic acids is 3. The van der Waals surface area contributed by atoms with E-state index in [1.807, 2.05) is 48.8 Å². The molecule has 0 bridgehead atoms. The summed E-state index contributed by atoms with van der Waals surface area (Å²) in [4.78, 5) is 52.7. The monoisotopic (exact) mass is 804 g/mol. The van der Waals surface area contributed by atoms with E-state index in [0.29, 0.717) is 25.8 Å². The van der Waals surface area contributed by atoms with Crippen LogP contribution < -0.4 is 0 Å². The second-order valence-corrected chi connectivity index (χ2v) is 16.9. The number of nitrogens with zero attached hydrogens (tertiary/aromatic N) is 4. The number of esters is 1. The molecule has 15 heteroatoms. The van der Waals surface area contributed by atoms with Crippen LogP contribution in [0.15, 0.2) is 37.1 Å². The van der Waals surface area contributed by atoms with E-state index < -0.39 is 77.1 Å². The van der Waals surface area contributed by atoms with Gasteiger partial charge in [-0.25, -0.2) is 14.2 Å². The number of unbranched alkanes of at least 4 members (excludes halogenated alkanes) is 1. The van der Waals surface area contributed by atoms with Crippen LogP contribution in [0, 0.1) is 17.8 Å². The zero-order chi connectivity index (χ0) is 42.5. The molecule has 2 aliphatic rings. The molecule has 57 heavy (non-hydrogen) atoms. The highest BCUT2D eigenvalue weighted by atomic mass is 19.1. The third-order valence-electron chi connectivity index (χ3n) is 12.0. The molecule has 4 heterocycles. The maximum atomic E-state index is 16.7. The fourth-order valence-corrected chi connectivity index (χ4v) is 8.49. The third kappa shape index (κ3) is 10.5. The van der Waals surface area contributed by atoms with E-state index in [9.17, 15) is 24.6 Å². The summed E-state index contributed by atoms with van der Waals surface area (Å²) in [5.74, 6) is -5.95. The average molecular weight is 805 g/mol. The summed E-state index contributed by atoms with van der Waals surface area (Å²) in [5, 5.41) is 23.5. The smallest absolute Gasteiger partial charge is 0.351 e. The summed E-state index contributed by atoms with van der Waals surface area (Å²) in [6.07, 6.45) is 2.34. The largest absolute Gasteiger partial charge is 0.457 e. The van der Waals surface area contributed by atoms with E-state index in [1.165, 1.54) is 21.0 Å². The molecular formula is C42H65FN4O10. The van der Waals surface area contributed by atoms with Gasteiger partial charge >= 0.3 is 5.97 Å². The quantitative estimate of drug-likeness (QED) is 0.174. The van der Waals surface area contributed by atoms with Gasteiger partial charge in [-0.15, -0.1) is 0 Å². The number of imidazole rings is 1. The number of Topliss-reactive ketones (excluding diaryl/α,β-unsaturated/α-hetero) is 2. The Hall–Kier alpha value is -3.18. The molecule has 0 radical (unpaired) electrons. The number of aliphatic hydroxyl groups excluding tert-OH is 1. The molecule has 4 rings (SSSR count). The highest BCUT2D eigenvalue weighted by Gasteiger charge is 2.56. The standard InChI is InChI=1S/C42H65FN4O10/c1-12-32-42(8,52)37(54-19-14-13-18-47-23-30(45-24-47)29-16-15-17-44-22-29)27(4)33(48)25(2)21-40(6,53-11)36(28(5)35(50)41(7,43)39(51)56-32)57-38-34(49)31(46(9)10)20-26(3)55-38/h15-17,22-28,31-32,34,36-38,49,52H,12-14,18-21H2,1-11H3/t25-,26-,27-,28+,31+,32+,34-,36-,37?,38+,40+,41+,42-/m1/s1. The Morgan fingerprint density at radius 2 is 1.77 bits per heavy atom. The van der Waals surface area contributed by atoms with Crippen molar-refractivity contribution in [3.05, 3.63) is 37.1 Å². The van der Waals surface area contributed by atoms with Gasteiger partial charge in [-0.1, -0.05) is 27.7 Å². The van der Waals surface area contributed by atoms with E-state index in [1.54, 1.807) is 46.4 Å². The van der Waals surface area contributed by atoms with Crippen LogP contribution >= 0.6 is 0 Å². The lowest BCUT2D eigenvalue weighted by atomic mass is 9.74. The number of cyclic esters (lactones) is 1. The summed E-state index contributed by atoms with van der Waals surface area (Å²) in [5.41, 5.74) is -4.89. The van der Waals surface area contributed by atoms with E-state index in [2.05, 4.69) is 9.97 Å². The van der Waals surface area contributed by atoms with Crippen LogP contribution in [0.5, 0.6) is 0 Å². The molecule has 0 saturated carbocycles. The fourth-order valence-electron chi connectivity index (χ4n) is 8.49. The van der Waals surface area contributed by atoms with E-state index in [4.69, 9.17) is 23.7 Å². The Morgan fingerprint density at radius 1 is 1.07 bits per heavy atom. The first-order valence-corrected chi connectivity index (χ1v) is 20.1. The van der Waals surface area contributed by atoms with Crippen LogP contribution in [0.2, 0.25) is 0 Å². The topological polar surface area (TPSA) is 172 Å². The van der Waals surface area contributed by atoms with Crippen molar-refractivity contribution in [3.63, 3.8) is 0 Å². The Kier molecular flexibility index (Phi) is 15.7. The van der Waals surface area contributed by atoms with Gasteiger partial charge in [0.1, 0.15) is 23.6 Å². The summed E-state index contributed by atoms with van der Waals surface area (Å²) in [6, 6.07) is 3.43. The van der Waals surface area contributed by atoms with Crippen LogP contribution in [-0.4, -0.2) is 135 Å². The third-order valence-corrected chi connectivity index (χ3v) is 12.0. The number of ether oxygens (including phenoxy) is 5. The lowest BCUT2D eigenvalue weighted by Gasteiger charge is -2.47. The normalized spacial score (nSPS) is 37.6. The highest BCUT2D eigenvalue weighted by Crippen LogP contribution is 2.40. The summed E-state index contributed by atoms with van der Waals surface area (Å²) < 4.78 is 49.2. The summed E-state index contributed by atoms with van der Waals surface area (Å²) in [7, 11) is 5.04. The van der Waals surface area contributed by atoms with Gasteiger partial charge in [-0.05, 0) is 86.0 Å². The molecule has 2 aromatic rings. The molecule has 2 N–H and O–H groups in total. The minimum Gasteiger partial charge on any atom is -0.457 e. The summed E-state index contributed by atoms with van der Waals surface area (Å²) >= 11 is 0. The number of hydrogen-bond donors (Lipinski definition) is 2. The average Bonchev–Trinajstić information content (AvgIpc) is 3.65. The first-order chi connectivity index (χ1) is 26.7. The Balaban J connectivity index is 1.62. The first-order valence-electron chi connectivity index (χ1n) is 20.1. The van der Waals surface area contributed by atoms with Crippen LogP contribution in [0.1, 0.15) is 87.5 Å². The maximum Gasteiger partial charge on any atom is 0.351 e. The molecule has 320 valence electrons. The number of ketones is 2. The zero-order valence-electron chi connectivity index (χ0n) is 35.5. The number of carbonyl (C=O) groups is 3. The Labute approximate surface area is 336 Å². The number of halogens is 1. The van der Waals surface area contributed by atoms with Crippen LogP contribution in [-0.2, 0) is 44.6 Å². The molecule has 2 aliphatic heterocycles. The van der Waals surface area contributed by atoms with Crippen LogP contribution in [0.25, 0.3) is 11.3 Å². The van der Waals surface area contributed by atoms with E-state index >= 15 is 4.39 Å². The number of likely N-dealkylation sites (N-methyl/N-ethyl adjacent to an activating group) is 1. The molecule has 0 aliphatic carbocycles. The number of aryl methyl sites for hydroxylation is 1. The summed E-state index contributed by atoms with van der Waals surface area (Å²) in [6.45, 7) is 13.0. The van der Waals surface area contributed by atoms with Crippen molar-refractivity contribution in [1.29, 1.82) is 0 Å². The zero-order valence-corrected chi connectivity index (χ0v) is 35.5. The van der Waals surface area contributed by atoms with Crippen molar-refractivity contribution in [2.45, 2.75) is 154 Å². The lowest BCUT2D eigenvalue weighted by Crippen LogP contribution is -2.61. The van der Waals surface area contributed by atoms with Gasteiger partial charge in [-0.3, -0.25) is 14.6 Å². The SMILES string of the molecule is CC[C@@H]1OC(=O)[C@@](C)(F)C(=O)[C@H](C)[C@@H](O[C@@H]2O[C@H](C)C[C@H](N(C)C)[C@H]2O)[C@@](C)(OC)C[C@@H](C)C(=O)[C@@H](C)C(OCCCCn2cnc(-c3cccnc3)c2)[C@]1(C)O. The molecule has 2 aromatic heterocycles. The molecular weight excluding hydrogens is 739 g/mol. The molecule has 0 aromatic carbocycles. The van der Waals surface area contributed by atoms with Crippen molar-refractivity contribution < 1.29 is 52.7 Å². The number of rotatable bonds is 12. The molecule has 2 fully saturated rings. The Morgan fingerprint density at radius 3 is 2.39 bits per heavy atom. The lowest BCUT2D eigenvalue weighted by molar-refractivity contribution is -0.295. The minimum absolute atomic E-state index is 0.00408. The first kappa shape index (κ1) is 46.5. The number of methoxy groups -OCH3 is 1. The second kappa shape index (κ2) is 19.3. The predicted molar refractivity (Wildman–Crippen MR) is 210 cm³/mol. The molecule has 0 amide bonds. The molecule has 14 nitrogen and oxygen atoms in total. The second-order valence-electron chi connectivity index (χ2n) is 16.9. The van der Waals surface area contributed by atoms with Crippen molar-refractivity contribution in [2.75, 3.05) is 27.8 Å². The number of alkyl halides is 1. The van der Waals surface area contributed by atoms with Gasteiger partial charge in [0, 0.05) is 68.2 Å². The Bertz CT molecular complexity index is 1640. The minimum atomic E-state index is -3.18. The van der Waals surface area contributed by atoms with Crippen LogP contribution in [0.3, 0.4) is 0 Å². The molecule has 1 unspecified atom stereocenters. The van der Waals surface area contributed by atoms with Crippen molar-refractivity contribution in [3.8, 4) is 11.3 Å². The predicted octanol–water partition coefficient (Wildman–Crippen LogP) is 4.58. The molecule has 13 atom stereocenters. The number of aliphatic hydroxyl groups is 2. The van der Waals surface area contributed by atoms with Crippen molar-refractivity contribution in [1.82, 2.24) is 19.4 Å². The van der Waals surface area contributed by atoms with Crippen LogP contribution in [0.4, 0.5) is 4.39 Å². The van der Waals surface area contributed by atoms with Gasteiger partial charge in [0.05, 0.1) is 35.9 Å². The number of pyridine rings is 1. The van der Waals surface area contributed by atoms with Crippen molar-refractivity contribution in [2.24, 2.45) is 17.8 Å². The van der Waals surface area contributed by atoms with Gasteiger partial charge in [0.2, 0.25) is 0 Å². The maximum absolute atomic E-state index is 16.7. The fraction of sp³-hybridized carbons (Fsp3) is 0.738. The number of hydrogen-bond acceptors (Lipinski definition) is 13. The van der Waals surface area contributed by atoms with Gasteiger partial charge < -0.3 is 43.4 Å². The highest BCUT2D eigenvalue weighted by molar-refractivity contribution is 6.07. The molecule has 0 spiro atoms. The van der Waals surface area contributed by atoms with E-state index in [0.717, 1.165) is 18.2 Å². The number of aromatic nitrogens is 3. The molecule has 2 saturated heterocycles. The van der Waals surface area contributed by atoms with Gasteiger partial charge in [0.25, 0.3) is 5.67 Å². The van der Waals surface area contributed by atoms with Crippen molar-refractivity contribution >= 4 is 17.5 Å². The van der Waals surface area contributed by atoms with Gasteiger partial charge in [0.15, 0.2) is 12.1 Å². The van der Waals surface area contributed by atoms with E-state index in [-0.39, 0.29) is 37.4 Å². The van der Waals surface area contributed by atoms with Gasteiger partial charge in [-0.2, -0.15) is 0 Å².